The Kier molecular flexibility index (Phi) is 8.71. The zero-order chi connectivity index (χ0) is 32.0. The fraction of sp³-hybridized carbons (Fsp3) is 0.483. The van der Waals surface area contributed by atoms with Crippen LogP contribution < -0.4 is 5.32 Å². The molecule has 0 radical (unpaired) electrons. The summed E-state index contributed by atoms with van der Waals surface area (Å²) in [5.74, 6) is -3.72. The van der Waals surface area contributed by atoms with Crippen molar-refractivity contribution in [3.63, 3.8) is 0 Å². The molecule has 44 heavy (non-hydrogen) atoms. The van der Waals surface area contributed by atoms with Gasteiger partial charge in [0, 0.05) is 62.1 Å². The number of esters is 1. The predicted molar refractivity (Wildman–Crippen MR) is 159 cm³/mol. The predicted octanol–water partition coefficient (Wildman–Crippen LogP) is 3.91. The molecular weight excluding hydrogens is 618 g/mol. The third-order valence-corrected chi connectivity index (χ3v) is 9.22. The van der Waals surface area contributed by atoms with Gasteiger partial charge in [-0.25, -0.2) is 23.4 Å². The highest BCUT2D eigenvalue weighted by atomic mass is 35.5. The Hall–Kier alpha value is -3.62. The van der Waals surface area contributed by atoms with E-state index in [9.17, 15) is 28.3 Å². The topological polar surface area (TPSA) is 128 Å². The van der Waals surface area contributed by atoms with Crippen molar-refractivity contribution in [2.24, 2.45) is 10.4 Å². The molecule has 2 saturated heterocycles. The molecule has 5 rings (SSSR count). The smallest absolute Gasteiger partial charge is 0.338 e. The van der Waals surface area contributed by atoms with Crippen LogP contribution in [0.25, 0.3) is 0 Å². The maximum absolute atomic E-state index is 14.6. The minimum Gasteiger partial charge on any atom is -0.481 e. The zero-order valence-electron chi connectivity index (χ0n) is 24.7. The van der Waals surface area contributed by atoms with Crippen molar-refractivity contribution in [2.75, 3.05) is 45.9 Å². The molecule has 0 spiro atoms. The van der Waals surface area contributed by atoms with Gasteiger partial charge >= 0.3 is 18.0 Å². The molecule has 2 atom stereocenters. The number of nitrogens with zero attached hydrogens (tertiary/aromatic N) is 5. The lowest BCUT2D eigenvalue weighted by molar-refractivity contribution is -0.147. The van der Waals surface area contributed by atoms with Crippen LogP contribution >= 0.6 is 22.9 Å². The minimum atomic E-state index is -1.25. The van der Waals surface area contributed by atoms with Gasteiger partial charge < -0.3 is 25.0 Å². The van der Waals surface area contributed by atoms with Crippen molar-refractivity contribution < 1.29 is 33.0 Å². The second kappa shape index (κ2) is 12.1. The van der Waals surface area contributed by atoms with E-state index in [4.69, 9.17) is 16.3 Å². The molecule has 4 heterocycles. The van der Waals surface area contributed by atoms with Gasteiger partial charge in [-0.3, -0.25) is 14.7 Å². The molecule has 0 aliphatic carbocycles. The van der Waals surface area contributed by atoms with E-state index in [0.717, 1.165) is 6.07 Å². The van der Waals surface area contributed by atoms with Crippen LogP contribution in [0.3, 0.4) is 0 Å². The summed E-state index contributed by atoms with van der Waals surface area (Å²) in [5.41, 5.74) is -1.12. The van der Waals surface area contributed by atoms with Crippen LogP contribution in [0.5, 0.6) is 0 Å². The number of ether oxygens (including phenoxy) is 1. The molecule has 0 saturated carbocycles. The van der Waals surface area contributed by atoms with Crippen LogP contribution in [0.4, 0.5) is 13.6 Å². The van der Waals surface area contributed by atoms with E-state index in [-0.39, 0.29) is 36.9 Å². The number of rotatable bonds is 9. The Morgan fingerprint density at radius 1 is 1.27 bits per heavy atom. The molecule has 15 heteroatoms. The van der Waals surface area contributed by atoms with Crippen molar-refractivity contribution in [2.45, 2.75) is 39.3 Å². The SMILES string of the molecule is CCOC(=O)C1=C(CN2CCN3C(=O)N(CC(C)(C)C(=O)O)C[C@]3(C)C2)NC(c2nccs2)=N[C@H]1c1ccc(F)c(F)c1Cl. The van der Waals surface area contributed by atoms with E-state index in [0.29, 0.717) is 42.7 Å². The lowest BCUT2D eigenvalue weighted by Crippen LogP contribution is -2.60. The van der Waals surface area contributed by atoms with Gasteiger partial charge in [0.15, 0.2) is 22.5 Å². The van der Waals surface area contributed by atoms with Crippen molar-refractivity contribution >= 4 is 46.7 Å². The van der Waals surface area contributed by atoms with E-state index < -0.39 is 45.6 Å². The summed E-state index contributed by atoms with van der Waals surface area (Å²) < 4.78 is 34.1. The van der Waals surface area contributed by atoms with Gasteiger partial charge in [-0.05, 0) is 33.8 Å². The van der Waals surface area contributed by atoms with Crippen LogP contribution in [0.15, 0.2) is 40.0 Å². The van der Waals surface area contributed by atoms with Gasteiger partial charge in [0.25, 0.3) is 0 Å². The Bertz CT molecular complexity index is 1550. The highest BCUT2D eigenvalue weighted by Crippen LogP contribution is 2.39. The highest BCUT2D eigenvalue weighted by Gasteiger charge is 2.51. The maximum atomic E-state index is 14.6. The summed E-state index contributed by atoms with van der Waals surface area (Å²) >= 11 is 7.59. The monoisotopic (exact) mass is 650 g/mol. The van der Waals surface area contributed by atoms with Crippen molar-refractivity contribution in [3.05, 3.63) is 62.2 Å². The van der Waals surface area contributed by atoms with Crippen molar-refractivity contribution in [3.8, 4) is 0 Å². The molecular formula is C29H33ClF2N6O5S. The van der Waals surface area contributed by atoms with Crippen LogP contribution in [0.2, 0.25) is 5.02 Å². The number of fused-ring (bicyclic) bond motifs is 1. The van der Waals surface area contributed by atoms with Gasteiger partial charge in [0.05, 0.1) is 28.2 Å². The first-order valence-electron chi connectivity index (χ1n) is 14.1. The van der Waals surface area contributed by atoms with Gasteiger partial charge in [-0.15, -0.1) is 11.3 Å². The van der Waals surface area contributed by atoms with Crippen LogP contribution in [-0.2, 0) is 14.3 Å². The molecule has 236 valence electrons. The first-order valence-corrected chi connectivity index (χ1v) is 15.3. The normalized spacial score (nSPS) is 22.6. The molecule has 0 unspecified atom stereocenters. The molecule has 2 fully saturated rings. The number of carbonyl (C=O) groups excluding carboxylic acids is 2. The van der Waals surface area contributed by atoms with Gasteiger partial charge in [0.2, 0.25) is 0 Å². The van der Waals surface area contributed by atoms with E-state index in [1.54, 1.807) is 42.1 Å². The molecule has 1 aromatic carbocycles. The fourth-order valence-electron chi connectivity index (χ4n) is 5.89. The number of aliphatic imine (C=N–C) groups is 1. The molecule has 11 nitrogen and oxygen atoms in total. The Morgan fingerprint density at radius 2 is 2.02 bits per heavy atom. The Morgan fingerprint density at radius 3 is 2.68 bits per heavy atom. The number of carboxylic acids is 1. The van der Waals surface area contributed by atoms with Gasteiger partial charge in [0.1, 0.15) is 6.04 Å². The van der Waals surface area contributed by atoms with E-state index in [1.165, 1.54) is 17.4 Å². The summed E-state index contributed by atoms with van der Waals surface area (Å²) in [6.45, 7) is 8.71. The average molecular weight is 651 g/mol. The minimum absolute atomic E-state index is 0.0667. The van der Waals surface area contributed by atoms with Crippen molar-refractivity contribution in [1.29, 1.82) is 0 Å². The number of halogens is 3. The molecule has 2 amide bonds. The summed E-state index contributed by atoms with van der Waals surface area (Å²) in [6.07, 6.45) is 1.60. The molecule has 1 aromatic heterocycles. The number of amides is 2. The average Bonchev–Trinajstić information content (AvgIpc) is 3.57. The van der Waals surface area contributed by atoms with Crippen LogP contribution in [0.1, 0.15) is 44.3 Å². The number of nitrogens with one attached hydrogen (secondary N) is 1. The Labute approximate surface area is 262 Å². The number of hydrogen-bond acceptors (Lipinski definition) is 9. The standard InChI is InChI=1S/C29H33ClF2N6O5S/c1-5-43-25(39)19-18(12-36-9-10-38-27(42)37(15-29(38,4)14-36)13-28(2,3)26(40)41)34-23(24-33-8-11-44-24)35-22(19)16-6-7-17(31)21(32)20(16)30/h6-8,11,22H,5,9-10,12-15H2,1-4H3,(H,34,35)(H,40,41)/t22-,29-/m0/s1. The van der Waals surface area contributed by atoms with Crippen LogP contribution in [0, 0.1) is 17.0 Å². The maximum Gasteiger partial charge on any atom is 0.338 e. The molecule has 3 aliphatic rings. The summed E-state index contributed by atoms with van der Waals surface area (Å²) in [7, 11) is 0. The molecule has 0 bridgehead atoms. The number of urea groups is 1. The van der Waals surface area contributed by atoms with E-state index in [1.807, 2.05) is 6.92 Å². The zero-order valence-corrected chi connectivity index (χ0v) is 26.3. The number of benzene rings is 1. The Balaban J connectivity index is 1.50. The number of amidine groups is 1. The van der Waals surface area contributed by atoms with Gasteiger partial charge in [-0.1, -0.05) is 17.7 Å². The number of hydrogen-bond donors (Lipinski definition) is 2. The number of piperazine rings is 1. The largest absolute Gasteiger partial charge is 0.481 e. The number of carboxylic acid groups (broad SMARTS) is 1. The molecule has 3 aliphatic heterocycles. The van der Waals surface area contributed by atoms with E-state index in [2.05, 4.69) is 20.2 Å². The molecule has 2 aromatic rings. The third-order valence-electron chi connectivity index (χ3n) is 8.05. The number of aromatic nitrogens is 1. The summed E-state index contributed by atoms with van der Waals surface area (Å²) in [5, 5.41) is 14.6. The summed E-state index contributed by atoms with van der Waals surface area (Å²) in [6, 6.07) is 0.905. The molecule has 2 N–H and O–H groups in total. The first-order chi connectivity index (χ1) is 20.8. The van der Waals surface area contributed by atoms with E-state index >= 15 is 0 Å². The first kappa shape index (κ1) is 31.8. The number of carbonyl (C=O) groups is 3. The van der Waals surface area contributed by atoms with Crippen LogP contribution in [-0.4, -0.2) is 100 Å². The quantitative estimate of drug-likeness (QED) is 0.309. The second-order valence-electron chi connectivity index (χ2n) is 11.9. The lowest BCUT2D eigenvalue weighted by Gasteiger charge is -2.44. The fourth-order valence-corrected chi connectivity index (χ4v) is 6.74. The number of aliphatic carboxylic acids is 1. The van der Waals surface area contributed by atoms with Gasteiger partial charge in [-0.2, -0.15) is 0 Å². The third kappa shape index (κ3) is 5.89. The second-order valence-corrected chi connectivity index (χ2v) is 13.2. The number of thiazole rings is 1. The summed E-state index contributed by atoms with van der Waals surface area (Å²) in [4.78, 5) is 52.9. The highest BCUT2D eigenvalue weighted by molar-refractivity contribution is 7.11. The lowest BCUT2D eigenvalue weighted by atomic mass is 9.92. The van der Waals surface area contributed by atoms with Crippen molar-refractivity contribution in [1.82, 2.24) is 25.0 Å².